The summed E-state index contributed by atoms with van der Waals surface area (Å²) < 4.78 is 0. The lowest BCUT2D eigenvalue weighted by molar-refractivity contribution is -0.121. The fourth-order valence-electron chi connectivity index (χ4n) is 1.67. The predicted octanol–water partition coefficient (Wildman–Crippen LogP) is 1.65. The Labute approximate surface area is 109 Å². The van der Waals surface area contributed by atoms with E-state index in [0.717, 1.165) is 24.8 Å². The minimum Gasteiger partial charge on any atom is -0.354 e. The molecule has 4 nitrogen and oxygen atoms in total. The summed E-state index contributed by atoms with van der Waals surface area (Å²) in [6.45, 7) is 4.65. The van der Waals surface area contributed by atoms with Crippen LogP contribution in [0.25, 0.3) is 0 Å². The van der Waals surface area contributed by atoms with Crippen LogP contribution in [-0.4, -0.2) is 23.0 Å². The summed E-state index contributed by atoms with van der Waals surface area (Å²) in [7, 11) is 0. The second-order valence-electron chi connectivity index (χ2n) is 4.70. The van der Waals surface area contributed by atoms with E-state index in [1.165, 1.54) is 0 Å². The highest BCUT2D eigenvalue weighted by Gasteiger charge is 2.20. The van der Waals surface area contributed by atoms with Crippen molar-refractivity contribution in [3.05, 3.63) is 30.1 Å². The van der Waals surface area contributed by atoms with Crippen molar-refractivity contribution < 1.29 is 4.79 Å². The van der Waals surface area contributed by atoms with Gasteiger partial charge < -0.3 is 11.1 Å². The second kappa shape index (κ2) is 7.11. The Balaban J connectivity index is 2.30. The topological polar surface area (TPSA) is 68.0 Å². The number of hydrogen-bond acceptors (Lipinski definition) is 3. The summed E-state index contributed by atoms with van der Waals surface area (Å²) in [6, 6.07) is 3.86. The van der Waals surface area contributed by atoms with E-state index >= 15 is 0 Å². The van der Waals surface area contributed by atoms with Gasteiger partial charge >= 0.3 is 0 Å². The van der Waals surface area contributed by atoms with E-state index in [-0.39, 0.29) is 11.4 Å². The maximum atomic E-state index is 11.7. The number of hydrogen-bond donors (Lipinski definition) is 2. The molecule has 0 bridgehead atoms. The quantitative estimate of drug-likeness (QED) is 0.772. The van der Waals surface area contributed by atoms with Gasteiger partial charge in [-0.25, -0.2) is 0 Å². The molecule has 0 radical (unpaired) electrons. The molecule has 4 heteroatoms. The van der Waals surface area contributed by atoms with Crippen LogP contribution < -0.4 is 11.1 Å². The molecule has 0 spiro atoms. The number of carbonyl (C=O) groups excluding carboxylic acids is 1. The van der Waals surface area contributed by atoms with Gasteiger partial charge in [0.15, 0.2) is 0 Å². The van der Waals surface area contributed by atoms with Gasteiger partial charge in [0.25, 0.3) is 0 Å². The molecular formula is C14H23N3O. The molecule has 0 aromatic carbocycles. The molecule has 0 saturated heterocycles. The van der Waals surface area contributed by atoms with Crippen molar-refractivity contribution in [2.24, 2.45) is 5.73 Å². The molecule has 0 atom stereocenters. The molecule has 3 N–H and O–H groups in total. The van der Waals surface area contributed by atoms with Gasteiger partial charge in [-0.2, -0.15) is 0 Å². The van der Waals surface area contributed by atoms with Gasteiger partial charge in [-0.15, -0.1) is 0 Å². The Kier molecular flexibility index (Phi) is 5.78. The molecule has 0 aliphatic rings. The van der Waals surface area contributed by atoms with Gasteiger partial charge in [-0.3, -0.25) is 9.78 Å². The van der Waals surface area contributed by atoms with Gasteiger partial charge in [-0.1, -0.05) is 13.8 Å². The number of amides is 1. The monoisotopic (exact) mass is 249 g/mol. The van der Waals surface area contributed by atoms with Crippen molar-refractivity contribution in [3.8, 4) is 0 Å². The zero-order valence-electron chi connectivity index (χ0n) is 11.3. The third kappa shape index (κ3) is 4.84. The summed E-state index contributed by atoms with van der Waals surface area (Å²) in [5, 5.41) is 2.92. The van der Waals surface area contributed by atoms with Crippen LogP contribution in [0.15, 0.2) is 24.5 Å². The van der Waals surface area contributed by atoms with Crippen LogP contribution in [0.2, 0.25) is 0 Å². The summed E-state index contributed by atoms with van der Waals surface area (Å²) in [6.07, 6.45) is 6.46. The first-order valence-corrected chi connectivity index (χ1v) is 6.54. The van der Waals surface area contributed by atoms with E-state index in [9.17, 15) is 4.79 Å². The number of carbonyl (C=O) groups is 1. The third-order valence-electron chi connectivity index (χ3n) is 3.44. The average Bonchev–Trinajstić information content (AvgIpc) is 2.43. The normalized spacial score (nSPS) is 11.3. The first kappa shape index (κ1) is 14.6. The van der Waals surface area contributed by atoms with Gasteiger partial charge in [0, 0.05) is 30.9 Å². The van der Waals surface area contributed by atoms with Crippen LogP contribution in [-0.2, 0) is 11.2 Å². The lowest BCUT2D eigenvalue weighted by Gasteiger charge is -2.26. The Morgan fingerprint density at radius 1 is 1.33 bits per heavy atom. The standard InChI is InChI=1S/C14H23N3O/c1-3-14(15,4-2)11-17-13(18)6-5-12-7-9-16-10-8-12/h7-10H,3-6,11,15H2,1-2H3,(H,17,18). The van der Waals surface area contributed by atoms with Crippen LogP contribution in [0.5, 0.6) is 0 Å². The van der Waals surface area contributed by atoms with Crippen molar-refractivity contribution in [1.82, 2.24) is 10.3 Å². The van der Waals surface area contributed by atoms with Crippen molar-refractivity contribution >= 4 is 5.91 Å². The number of nitrogens with two attached hydrogens (primary N) is 1. The van der Waals surface area contributed by atoms with Crippen LogP contribution in [0.4, 0.5) is 0 Å². The molecule has 0 fully saturated rings. The molecule has 1 aromatic heterocycles. The molecule has 1 amide bonds. The number of aromatic nitrogens is 1. The minimum absolute atomic E-state index is 0.0588. The smallest absolute Gasteiger partial charge is 0.220 e. The van der Waals surface area contributed by atoms with E-state index in [2.05, 4.69) is 10.3 Å². The largest absolute Gasteiger partial charge is 0.354 e. The van der Waals surface area contributed by atoms with Crippen LogP contribution in [0.1, 0.15) is 38.7 Å². The molecule has 1 rings (SSSR count). The highest BCUT2D eigenvalue weighted by atomic mass is 16.1. The molecule has 1 heterocycles. The Morgan fingerprint density at radius 2 is 1.94 bits per heavy atom. The molecule has 100 valence electrons. The number of pyridine rings is 1. The Morgan fingerprint density at radius 3 is 2.50 bits per heavy atom. The lowest BCUT2D eigenvalue weighted by atomic mass is 9.94. The first-order chi connectivity index (χ1) is 8.59. The fraction of sp³-hybridized carbons (Fsp3) is 0.571. The van der Waals surface area contributed by atoms with E-state index in [1.807, 2.05) is 26.0 Å². The number of nitrogens with zero attached hydrogens (tertiary/aromatic N) is 1. The zero-order valence-corrected chi connectivity index (χ0v) is 11.3. The van der Waals surface area contributed by atoms with Gasteiger partial charge in [0.05, 0.1) is 0 Å². The summed E-state index contributed by atoms with van der Waals surface area (Å²) in [5.74, 6) is 0.0588. The Hall–Kier alpha value is -1.42. The summed E-state index contributed by atoms with van der Waals surface area (Å²) >= 11 is 0. The van der Waals surface area contributed by atoms with E-state index in [0.29, 0.717) is 13.0 Å². The average molecular weight is 249 g/mol. The van der Waals surface area contributed by atoms with E-state index in [1.54, 1.807) is 12.4 Å². The molecule has 18 heavy (non-hydrogen) atoms. The van der Waals surface area contributed by atoms with Crippen molar-refractivity contribution in [1.29, 1.82) is 0 Å². The van der Waals surface area contributed by atoms with Crippen molar-refractivity contribution in [3.63, 3.8) is 0 Å². The van der Waals surface area contributed by atoms with Crippen LogP contribution >= 0.6 is 0 Å². The number of aryl methyl sites for hydroxylation is 1. The summed E-state index contributed by atoms with van der Waals surface area (Å²) in [5.41, 5.74) is 6.99. The van der Waals surface area contributed by atoms with Gasteiger partial charge in [-0.05, 0) is 37.0 Å². The number of nitrogens with one attached hydrogen (secondary N) is 1. The first-order valence-electron chi connectivity index (χ1n) is 6.54. The van der Waals surface area contributed by atoms with Gasteiger partial charge in [0.2, 0.25) is 5.91 Å². The summed E-state index contributed by atoms with van der Waals surface area (Å²) in [4.78, 5) is 15.7. The molecule has 0 unspecified atom stereocenters. The minimum atomic E-state index is -0.272. The van der Waals surface area contributed by atoms with Crippen molar-refractivity contribution in [2.75, 3.05) is 6.54 Å². The molecule has 0 aliphatic heterocycles. The molecule has 1 aromatic rings. The third-order valence-corrected chi connectivity index (χ3v) is 3.44. The molecule has 0 saturated carbocycles. The van der Waals surface area contributed by atoms with Crippen LogP contribution in [0, 0.1) is 0 Å². The highest BCUT2D eigenvalue weighted by Crippen LogP contribution is 2.09. The highest BCUT2D eigenvalue weighted by molar-refractivity contribution is 5.76. The molecular weight excluding hydrogens is 226 g/mol. The zero-order chi connectivity index (χ0) is 13.4. The second-order valence-corrected chi connectivity index (χ2v) is 4.70. The lowest BCUT2D eigenvalue weighted by Crippen LogP contribution is -2.49. The fourth-order valence-corrected chi connectivity index (χ4v) is 1.67. The Bertz CT molecular complexity index is 361. The number of rotatable bonds is 7. The van der Waals surface area contributed by atoms with Crippen LogP contribution in [0.3, 0.4) is 0 Å². The molecule has 0 aliphatic carbocycles. The predicted molar refractivity (Wildman–Crippen MR) is 73.1 cm³/mol. The van der Waals surface area contributed by atoms with Crippen molar-refractivity contribution in [2.45, 2.75) is 45.1 Å². The maximum absolute atomic E-state index is 11.7. The SMILES string of the molecule is CCC(N)(CC)CNC(=O)CCc1ccncc1. The van der Waals surface area contributed by atoms with E-state index < -0.39 is 0 Å². The van der Waals surface area contributed by atoms with Gasteiger partial charge in [0.1, 0.15) is 0 Å². The van der Waals surface area contributed by atoms with E-state index in [4.69, 9.17) is 5.73 Å². The maximum Gasteiger partial charge on any atom is 0.220 e.